The molecule has 0 bridgehead atoms. The maximum Gasteiger partial charge on any atom is 0.478 e. The summed E-state index contributed by atoms with van der Waals surface area (Å²) in [7, 11) is 0.727. The fourth-order valence-electron chi connectivity index (χ4n) is 1.78. The minimum Gasteiger partial charge on any atom is -0.426 e. The highest BCUT2D eigenvalue weighted by Crippen LogP contribution is 2.20. The standard InChI is InChI=1S/C8H17BN2O2S/c1-6(10)8(14)11-5-3-4-7(11)9(12)13-2/h6-7,12H,3-5,10H2,1-2H3/t6-,7-/m0/s1. The number of hydrogen-bond donors (Lipinski definition) is 2. The molecular weight excluding hydrogens is 199 g/mol. The van der Waals surface area contributed by atoms with Gasteiger partial charge in [0.05, 0.1) is 17.0 Å². The van der Waals surface area contributed by atoms with Crippen molar-refractivity contribution >= 4 is 24.3 Å². The van der Waals surface area contributed by atoms with E-state index in [1.54, 1.807) is 0 Å². The monoisotopic (exact) mass is 216 g/mol. The number of rotatable bonds is 3. The Kier molecular flexibility index (Phi) is 4.31. The summed E-state index contributed by atoms with van der Waals surface area (Å²) in [5.74, 6) is -0.0292. The lowest BCUT2D eigenvalue weighted by molar-refractivity contribution is 0.282. The van der Waals surface area contributed by atoms with Crippen LogP contribution in [0.5, 0.6) is 0 Å². The first kappa shape index (κ1) is 11.9. The molecular formula is C8H17BN2O2S. The van der Waals surface area contributed by atoms with E-state index in [0.29, 0.717) is 4.99 Å². The van der Waals surface area contributed by atoms with E-state index in [4.69, 9.17) is 22.6 Å². The van der Waals surface area contributed by atoms with E-state index in [-0.39, 0.29) is 12.0 Å². The van der Waals surface area contributed by atoms with Gasteiger partial charge in [-0.15, -0.1) is 0 Å². The second-order valence-corrected chi connectivity index (χ2v) is 4.07. The van der Waals surface area contributed by atoms with E-state index in [1.165, 1.54) is 7.11 Å². The van der Waals surface area contributed by atoms with Crippen LogP contribution in [0, 0.1) is 0 Å². The first-order chi connectivity index (χ1) is 6.57. The molecule has 0 aromatic heterocycles. The fourth-order valence-corrected chi connectivity index (χ4v) is 2.01. The molecule has 1 fully saturated rings. The molecule has 3 N–H and O–H groups in total. The second kappa shape index (κ2) is 5.07. The van der Waals surface area contributed by atoms with Gasteiger partial charge in [-0.1, -0.05) is 12.2 Å². The molecule has 0 aromatic carbocycles. The third-order valence-electron chi connectivity index (χ3n) is 2.54. The van der Waals surface area contributed by atoms with Crippen LogP contribution in [0.2, 0.25) is 0 Å². The number of thiocarbonyl (C=S) groups is 1. The SMILES string of the molecule is COB(O)[C@@H]1CCCN1C(=S)[C@H](C)N. The van der Waals surface area contributed by atoms with Crippen molar-refractivity contribution in [3.8, 4) is 0 Å². The molecule has 2 atom stereocenters. The highest BCUT2D eigenvalue weighted by Gasteiger charge is 2.37. The van der Waals surface area contributed by atoms with Crippen LogP contribution in [-0.4, -0.2) is 47.7 Å². The van der Waals surface area contributed by atoms with Crippen LogP contribution in [0.3, 0.4) is 0 Å². The van der Waals surface area contributed by atoms with Crippen LogP contribution < -0.4 is 5.73 Å². The quantitative estimate of drug-likeness (QED) is 0.505. The van der Waals surface area contributed by atoms with Crippen molar-refractivity contribution in [3.63, 3.8) is 0 Å². The van der Waals surface area contributed by atoms with Crippen molar-refractivity contribution in [2.45, 2.75) is 31.7 Å². The normalized spacial score (nSPS) is 23.7. The highest BCUT2D eigenvalue weighted by molar-refractivity contribution is 7.80. The molecule has 4 nitrogen and oxygen atoms in total. The third-order valence-corrected chi connectivity index (χ3v) is 3.15. The predicted molar refractivity (Wildman–Crippen MR) is 61.0 cm³/mol. The van der Waals surface area contributed by atoms with Gasteiger partial charge < -0.3 is 20.3 Å². The van der Waals surface area contributed by atoms with Gasteiger partial charge in [0.1, 0.15) is 0 Å². The molecule has 0 radical (unpaired) electrons. The Morgan fingerprint density at radius 1 is 1.79 bits per heavy atom. The van der Waals surface area contributed by atoms with E-state index in [1.807, 2.05) is 11.8 Å². The summed E-state index contributed by atoms with van der Waals surface area (Å²) in [6.07, 6.45) is 1.93. The minimum absolute atomic E-state index is 0.0292. The van der Waals surface area contributed by atoms with Crippen molar-refractivity contribution in [1.29, 1.82) is 0 Å². The van der Waals surface area contributed by atoms with Crippen molar-refractivity contribution < 1.29 is 9.68 Å². The molecule has 1 aliphatic rings. The molecule has 0 saturated carbocycles. The van der Waals surface area contributed by atoms with Gasteiger partial charge >= 0.3 is 7.12 Å². The summed E-state index contributed by atoms with van der Waals surface area (Å²) in [6.45, 7) is 2.72. The van der Waals surface area contributed by atoms with Crippen LogP contribution >= 0.6 is 12.2 Å². The molecule has 0 spiro atoms. The smallest absolute Gasteiger partial charge is 0.426 e. The van der Waals surface area contributed by atoms with Crippen LogP contribution in [0.1, 0.15) is 19.8 Å². The molecule has 0 amide bonds. The van der Waals surface area contributed by atoms with Crippen LogP contribution in [-0.2, 0) is 4.65 Å². The summed E-state index contributed by atoms with van der Waals surface area (Å²) >= 11 is 5.22. The number of hydrogen-bond acceptors (Lipinski definition) is 4. The van der Waals surface area contributed by atoms with Crippen molar-refractivity contribution in [2.24, 2.45) is 5.73 Å². The Hall–Kier alpha value is -0.165. The fraction of sp³-hybridized carbons (Fsp3) is 0.875. The Labute approximate surface area is 90.5 Å². The zero-order chi connectivity index (χ0) is 10.7. The Bertz CT molecular complexity index is 216. The van der Waals surface area contributed by atoms with E-state index >= 15 is 0 Å². The zero-order valence-electron chi connectivity index (χ0n) is 8.64. The summed E-state index contributed by atoms with van der Waals surface area (Å²) < 4.78 is 4.91. The zero-order valence-corrected chi connectivity index (χ0v) is 9.46. The first-order valence-electron chi connectivity index (χ1n) is 4.85. The Morgan fingerprint density at radius 3 is 2.93 bits per heavy atom. The number of likely N-dealkylation sites (tertiary alicyclic amines) is 1. The number of nitrogens with zero attached hydrogens (tertiary/aromatic N) is 1. The van der Waals surface area contributed by atoms with Gasteiger partial charge in [-0.25, -0.2) is 0 Å². The summed E-state index contributed by atoms with van der Waals surface area (Å²) in [5, 5.41) is 9.59. The van der Waals surface area contributed by atoms with Gasteiger partial charge in [0.15, 0.2) is 0 Å². The van der Waals surface area contributed by atoms with Gasteiger partial charge in [-0.05, 0) is 19.8 Å². The van der Waals surface area contributed by atoms with Crippen molar-refractivity contribution in [1.82, 2.24) is 4.90 Å². The molecule has 80 valence electrons. The van der Waals surface area contributed by atoms with Gasteiger partial charge in [-0.3, -0.25) is 0 Å². The lowest BCUT2D eigenvalue weighted by Gasteiger charge is -2.29. The molecule has 1 aliphatic heterocycles. The van der Waals surface area contributed by atoms with Crippen molar-refractivity contribution in [2.75, 3.05) is 13.7 Å². The van der Waals surface area contributed by atoms with Gasteiger partial charge in [0.25, 0.3) is 0 Å². The highest BCUT2D eigenvalue weighted by atomic mass is 32.1. The maximum atomic E-state index is 9.59. The molecule has 0 aliphatic carbocycles. The lowest BCUT2D eigenvalue weighted by atomic mass is 9.77. The average molecular weight is 216 g/mol. The van der Waals surface area contributed by atoms with Gasteiger partial charge in [-0.2, -0.15) is 0 Å². The van der Waals surface area contributed by atoms with E-state index in [2.05, 4.69) is 0 Å². The van der Waals surface area contributed by atoms with E-state index < -0.39 is 7.12 Å². The van der Waals surface area contributed by atoms with Gasteiger partial charge in [0.2, 0.25) is 0 Å². The Morgan fingerprint density at radius 2 is 2.43 bits per heavy atom. The molecule has 0 aromatic rings. The average Bonchev–Trinajstić information content (AvgIpc) is 2.63. The molecule has 6 heteroatoms. The molecule has 1 heterocycles. The van der Waals surface area contributed by atoms with Gasteiger partial charge in [0, 0.05) is 13.7 Å². The molecule has 0 unspecified atom stereocenters. The van der Waals surface area contributed by atoms with E-state index in [9.17, 15) is 5.02 Å². The Balaban J connectivity index is 2.63. The van der Waals surface area contributed by atoms with Crippen molar-refractivity contribution in [3.05, 3.63) is 0 Å². The second-order valence-electron chi connectivity index (χ2n) is 3.66. The largest absolute Gasteiger partial charge is 0.478 e. The first-order valence-corrected chi connectivity index (χ1v) is 5.25. The van der Waals surface area contributed by atoms with E-state index in [0.717, 1.165) is 19.4 Å². The minimum atomic E-state index is -0.769. The lowest BCUT2D eigenvalue weighted by Crippen LogP contribution is -2.50. The summed E-state index contributed by atoms with van der Waals surface area (Å²) in [5.41, 5.74) is 5.71. The van der Waals surface area contributed by atoms with Crippen LogP contribution in [0.4, 0.5) is 0 Å². The maximum absolute atomic E-state index is 9.59. The van der Waals surface area contributed by atoms with Crippen LogP contribution in [0.25, 0.3) is 0 Å². The predicted octanol–water partition coefficient (Wildman–Crippen LogP) is -0.208. The summed E-state index contributed by atoms with van der Waals surface area (Å²) in [6, 6.07) is -0.144. The third kappa shape index (κ3) is 2.45. The molecule has 1 rings (SSSR count). The molecule has 1 saturated heterocycles. The topological polar surface area (TPSA) is 58.7 Å². The number of nitrogens with two attached hydrogens (primary N) is 1. The van der Waals surface area contributed by atoms with Crippen LogP contribution in [0.15, 0.2) is 0 Å². The summed E-state index contributed by atoms with van der Waals surface area (Å²) in [4.78, 5) is 2.69. The molecule has 14 heavy (non-hydrogen) atoms.